The van der Waals surface area contributed by atoms with E-state index in [1.54, 1.807) is 0 Å². The molecule has 0 spiro atoms. The lowest BCUT2D eigenvalue weighted by Crippen LogP contribution is -2.26. The summed E-state index contributed by atoms with van der Waals surface area (Å²) in [5.41, 5.74) is 0. The van der Waals surface area contributed by atoms with Gasteiger partial charge in [0.2, 0.25) is 11.8 Å². The molecule has 0 bridgehead atoms. The molecule has 20 heavy (non-hydrogen) atoms. The largest absolute Gasteiger partial charge is 0.358 e. The van der Waals surface area contributed by atoms with Crippen molar-refractivity contribution in [2.75, 3.05) is 25.6 Å². The number of allylic oxidation sites excluding steroid dienone is 2. The van der Waals surface area contributed by atoms with Crippen LogP contribution in [0.1, 0.15) is 0 Å². The zero-order chi connectivity index (χ0) is 15.8. The minimum atomic E-state index is -3.76. The van der Waals surface area contributed by atoms with Crippen molar-refractivity contribution in [2.45, 2.75) is 0 Å². The average molecular weight is 324 g/mol. The molecule has 2 N–H and O–H groups in total. The van der Waals surface area contributed by atoms with E-state index in [4.69, 9.17) is 0 Å². The van der Waals surface area contributed by atoms with Gasteiger partial charge in [0, 0.05) is 24.9 Å². The van der Waals surface area contributed by atoms with Crippen LogP contribution in [-0.2, 0) is 29.3 Å². The first-order valence-electron chi connectivity index (χ1n) is 5.33. The van der Waals surface area contributed by atoms with Crippen LogP contribution in [-0.4, -0.2) is 54.3 Å². The Bertz CT molecular complexity index is 560. The molecule has 8 nitrogen and oxygen atoms in total. The fourth-order valence-corrected chi connectivity index (χ4v) is 2.81. The van der Waals surface area contributed by atoms with Gasteiger partial charge in [-0.2, -0.15) is 0 Å². The predicted octanol–water partition coefficient (Wildman–Crippen LogP) is -1.66. The quantitative estimate of drug-likeness (QED) is 0.539. The van der Waals surface area contributed by atoms with Gasteiger partial charge in [0.05, 0.1) is 0 Å². The molecule has 0 heterocycles. The molecule has 0 radical (unpaired) electrons. The van der Waals surface area contributed by atoms with Gasteiger partial charge in [0.1, 0.15) is 11.5 Å². The van der Waals surface area contributed by atoms with Crippen LogP contribution in [0.15, 0.2) is 23.0 Å². The highest BCUT2D eigenvalue weighted by molar-refractivity contribution is 7.95. The Labute approximate surface area is 117 Å². The third-order valence-corrected chi connectivity index (χ3v) is 4.38. The molecular formula is C10H16N2O6S2. The number of nitrogens with one attached hydrogen (secondary N) is 2. The summed E-state index contributed by atoms with van der Waals surface area (Å²) in [6.07, 6.45) is 1.94. The maximum atomic E-state index is 11.4. The second-order valence-electron chi connectivity index (χ2n) is 3.62. The summed E-state index contributed by atoms with van der Waals surface area (Å²) < 4.78 is 45.4. The minimum absolute atomic E-state index is 0.675. The Hall–Kier alpha value is -1.68. The van der Waals surface area contributed by atoms with Crippen LogP contribution in [0.5, 0.6) is 0 Å². The molecule has 0 fully saturated rings. The van der Waals surface area contributed by atoms with Crippen molar-refractivity contribution in [2.24, 2.45) is 0 Å². The summed E-state index contributed by atoms with van der Waals surface area (Å²) in [7, 11) is -4.92. The summed E-state index contributed by atoms with van der Waals surface area (Å²) in [6.45, 7) is 0. The van der Waals surface area contributed by atoms with Crippen LogP contribution in [0.4, 0.5) is 0 Å². The standard InChI is InChI=1S/C10H16N2O6S2/c1-11-9(13)7-19(15,16)5-3-4-6-20(17,18)8-10(14)12-2/h3-6H,7-8H2,1-2H3,(H,11,13)(H,12,14). The van der Waals surface area contributed by atoms with E-state index in [0.29, 0.717) is 10.8 Å². The number of sulfone groups is 2. The zero-order valence-electron chi connectivity index (χ0n) is 11.0. The molecule has 0 saturated carbocycles. The van der Waals surface area contributed by atoms with Crippen molar-refractivity contribution >= 4 is 31.5 Å². The lowest BCUT2D eigenvalue weighted by Gasteiger charge is -1.97. The normalized spacial score (nSPS) is 12.7. The summed E-state index contributed by atoms with van der Waals surface area (Å²) in [6, 6.07) is 0. The summed E-state index contributed by atoms with van der Waals surface area (Å²) in [4.78, 5) is 21.8. The van der Waals surface area contributed by atoms with Crippen molar-refractivity contribution in [1.29, 1.82) is 0 Å². The molecule has 0 unspecified atom stereocenters. The number of carbonyl (C=O) groups excluding carboxylic acids is 2. The molecule has 0 atom stereocenters. The minimum Gasteiger partial charge on any atom is -0.358 e. The molecule has 0 aliphatic heterocycles. The lowest BCUT2D eigenvalue weighted by atomic mass is 10.6. The van der Waals surface area contributed by atoms with E-state index in [1.165, 1.54) is 14.1 Å². The van der Waals surface area contributed by atoms with E-state index in [2.05, 4.69) is 10.6 Å². The Morgan fingerprint density at radius 1 is 0.800 bits per heavy atom. The molecular weight excluding hydrogens is 308 g/mol. The van der Waals surface area contributed by atoms with Crippen molar-refractivity contribution < 1.29 is 26.4 Å². The van der Waals surface area contributed by atoms with Crippen molar-refractivity contribution in [1.82, 2.24) is 10.6 Å². The maximum Gasteiger partial charge on any atom is 0.235 e. The summed E-state index contributed by atoms with van der Waals surface area (Å²) >= 11 is 0. The first-order valence-corrected chi connectivity index (χ1v) is 8.76. The third-order valence-electron chi connectivity index (χ3n) is 1.91. The van der Waals surface area contributed by atoms with Crippen molar-refractivity contribution in [3.8, 4) is 0 Å². The Morgan fingerprint density at radius 3 is 1.35 bits per heavy atom. The second-order valence-corrected chi connectivity index (χ2v) is 7.39. The second kappa shape index (κ2) is 7.80. The number of amides is 2. The van der Waals surface area contributed by atoms with Gasteiger partial charge < -0.3 is 10.6 Å². The van der Waals surface area contributed by atoms with E-state index in [9.17, 15) is 26.4 Å². The van der Waals surface area contributed by atoms with E-state index in [0.717, 1.165) is 12.2 Å². The number of hydrogen-bond acceptors (Lipinski definition) is 6. The molecule has 10 heteroatoms. The summed E-state index contributed by atoms with van der Waals surface area (Å²) in [5, 5.41) is 5.74. The van der Waals surface area contributed by atoms with Gasteiger partial charge in [-0.3, -0.25) is 9.59 Å². The van der Waals surface area contributed by atoms with Gasteiger partial charge in [0.15, 0.2) is 19.7 Å². The van der Waals surface area contributed by atoms with Crippen LogP contribution in [0.2, 0.25) is 0 Å². The van der Waals surface area contributed by atoms with Gasteiger partial charge in [0.25, 0.3) is 0 Å². The molecule has 0 saturated heterocycles. The molecule has 0 aliphatic carbocycles. The van der Waals surface area contributed by atoms with Gasteiger partial charge >= 0.3 is 0 Å². The molecule has 0 rings (SSSR count). The Kier molecular flexibility index (Phi) is 7.14. The van der Waals surface area contributed by atoms with Crippen molar-refractivity contribution in [3.63, 3.8) is 0 Å². The molecule has 0 aliphatic rings. The van der Waals surface area contributed by atoms with E-state index >= 15 is 0 Å². The fraction of sp³-hybridized carbons (Fsp3) is 0.400. The average Bonchev–Trinajstić information content (AvgIpc) is 2.33. The van der Waals surface area contributed by atoms with Crippen molar-refractivity contribution in [3.05, 3.63) is 23.0 Å². The maximum absolute atomic E-state index is 11.4. The summed E-state index contributed by atoms with van der Waals surface area (Å²) in [5.74, 6) is -2.80. The van der Waals surface area contributed by atoms with Crippen LogP contribution in [0.3, 0.4) is 0 Å². The van der Waals surface area contributed by atoms with Crippen LogP contribution >= 0.6 is 0 Å². The molecule has 0 aromatic rings. The first-order chi connectivity index (χ1) is 9.12. The first kappa shape index (κ1) is 18.3. The van der Waals surface area contributed by atoms with E-state index in [1.807, 2.05) is 0 Å². The SMILES string of the molecule is CNC(=O)CS(=O)(=O)C=CC=CS(=O)(=O)CC(=O)NC. The predicted molar refractivity (Wildman–Crippen MR) is 74.0 cm³/mol. The zero-order valence-corrected chi connectivity index (χ0v) is 12.6. The number of rotatable bonds is 7. The van der Waals surface area contributed by atoms with E-state index in [-0.39, 0.29) is 0 Å². The van der Waals surface area contributed by atoms with Gasteiger partial charge in [-0.15, -0.1) is 0 Å². The molecule has 2 amide bonds. The van der Waals surface area contributed by atoms with E-state index < -0.39 is 43.0 Å². The highest BCUT2D eigenvalue weighted by atomic mass is 32.2. The monoisotopic (exact) mass is 324 g/mol. The number of carbonyl (C=O) groups is 2. The molecule has 114 valence electrons. The Morgan fingerprint density at radius 2 is 1.10 bits per heavy atom. The molecule has 0 aromatic carbocycles. The van der Waals surface area contributed by atoms with Crippen LogP contribution in [0, 0.1) is 0 Å². The number of hydrogen-bond donors (Lipinski definition) is 2. The van der Waals surface area contributed by atoms with Crippen LogP contribution in [0.25, 0.3) is 0 Å². The fourth-order valence-electron chi connectivity index (χ4n) is 0.936. The van der Waals surface area contributed by atoms with Gasteiger partial charge in [-0.1, -0.05) is 12.2 Å². The lowest BCUT2D eigenvalue weighted by molar-refractivity contribution is -0.119. The molecule has 0 aromatic heterocycles. The van der Waals surface area contributed by atoms with Crippen LogP contribution < -0.4 is 10.6 Å². The Balaban J connectivity index is 4.69. The highest BCUT2D eigenvalue weighted by Crippen LogP contribution is 1.96. The smallest absolute Gasteiger partial charge is 0.235 e. The highest BCUT2D eigenvalue weighted by Gasteiger charge is 2.12. The van der Waals surface area contributed by atoms with Gasteiger partial charge in [-0.05, 0) is 0 Å². The third kappa shape index (κ3) is 8.43. The topological polar surface area (TPSA) is 126 Å². The van der Waals surface area contributed by atoms with Gasteiger partial charge in [-0.25, -0.2) is 16.8 Å².